The smallest absolute Gasteiger partial charge is 0.412 e. The lowest BCUT2D eigenvalue weighted by Gasteiger charge is -2.19. The Morgan fingerprint density at radius 2 is 1.95 bits per heavy atom. The number of pyridine rings is 1. The van der Waals surface area contributed by atoms with Crippen LogP contribution in [-0.2, 0) is 10.5 Å². The Hall–Kier alpha value is -2.01. The molecule has 1 aromatic carbocycles. The Bertz CT molecular complexity index is 607. The van der Waals surface area contributed by atoms with Gasteiger partial charge in [0.25, 0.3) is 0 Å². The van der Waals surface area contributed by atoms with Crippen molar-refractivity contribution in [2.24, 2.45) is 0 Å². The molecule has 4 nitrogen and oxygen atoms in total. The number of thioether (sulfide) groups is 1. The topological polar surface area (TPSA) is 51.2 Å². The molecule has 0 spiro atoms. The summed E-state index contributed by atoms with van der Waals surface area (Å²) in [7, 11) is 0. The lowest BCUT2D eigenvalue weighted by molar-refractivity contribution is 0.0636. The fourth-order valence-corrected chi connectivity index (χ4v) is 2.54. The van der Waals surface area contributed by atoms with Gasteiger partial charge in [0.1, 0.15) is 5.60 Å². The first kappa shape index (κ1) is 16.4. The minimum Gasteiger partial charge on any atom is -0.444 e. The average Bonchev–Trinajstić information content (AvgIpc) is 2.45. The van der Waals surface area contributed by atoms with E-state index in [9.17, 15) is 4.79 Å². The van der Waals surface area contributed by atoms with Gasteiger partial charge in [-0.05, 0) is 56.7 Å². The lowest BCUT2D eigenvalue weighted by Crippen LogP contribution is -2.27. The molecule has 0 atom stereocenters. The van der Waals surface area contributed by atoms with E-state index in [1.165, 1.54) is 5.56 Å². The predicted octanol–water partition coefficient (Wildman–Crippen LogP) is 4.72. The quantitative estimate of drug-likeness (QED) is 0.829. The van der Waals surface area contributed by atoms with Gasteiger partial charge in [0.05, 0.1) is 0 Å². The van der Waals surface area contributed by atoms with Crippen LogP contribution in [0.25, 0.3) is 0 Å². The minimum absolute atomic E-state index is 0.441. The van der Waals surface area contributed by atoms with Gasteiger partial charge in [0.15, 0.2) is 0 Å². The number of rotatable bonds is 4. The largest absolute Gasteiger partial charge is 0.444 e. The lowest BCUT2D eigenvalue weighted by atomic mass is 10.2. The number of carbonyl (C=O) groups excluding carboxylic acids is 1. The molecule has 2 aromatic rings. The molecule has 22 heavy (non-hydrogen) atoms. The third kappa shape index (κ3) is 5.77. The number of anilines is 1. The fraction of sp³-hybridized carbons (Fsp3) is 0.294. The summed E-state index contributed by atoms with van der Waals surface area (Å²) >= 11 is 1.73. The zero-order chi connectivity index (χ0) is 16.0. The van der Waals surface area contributed by atoms with Gasteiger partial charge in [-0.1, -0.05) is 6.07 Å². The zero-order valence-corrected chi connectivity index (χ0v) is 13.8. The fourth-order valence-electron chi connectivity index (χ4n) is 1.71. The van der Waals surface area contributed by atoms with Crippen LogP contribution < -0.4 is 5.32 Å². The van der Waals surface area contributed by atoms with Gasteiger partial charge < -0.3 is 4.74 Å². The van der Waals surface area contributed by atoms with Crippen LogP contribution in [0.5, 0.6) is 0 Å². The molecule has 0 aliphatic rings. The van der Waals surface area contributed by atoms with E-state index < -0.39 is 11.7 Å². The van der Waals surface area contributed by atoms with Crippen molar-refractivity contribution in [2.45, 2.75) is 37.0 Å². The Labute approximate surface area is 135 Å². The number of carbonyl (C=O) groups is 1. The third-order valence-corrected chi connectivity index (χ3v) is 3.71. The maximum atomic E-state index is 11.7. The summed E-state index contributed by atoms with van der Waals surface area (Å²) in [4.78, 5) is 16.9. The molecule has 0 aliphatic heterocycles. The standard InChI is InChI=1S/C17H20N2O2S/c1-17(2,3)21-16(20)19-14-6-8-15(9-7-14)22-12-13-5-4-10-18-11-13/h4-11H,12H2,1-3H3,(H,19,20). The summed E-state index contributed by atoms with van der Waals surface area (Å²) < 4.78 is 5.22. The van der Waals surface area contributed by atoms with Crippen LogP contribution in [0.3, 0.4) is 0 Å². The van der Waals surface area contributed by atoms with Crippen molar-refractivity contribution >= 4 is 23.5 Å². The van der Waals surface area contributed by atoms with Crippen molar-refractivity contribution in [3.63, 3.8) is 0 Å². The first-order chi connectivity index (χ1) is 10.4. The molecule has 0 saturated carbocycles. The van der Waals surface area contributed by atoms with E-state index >= 15 is 0 Å². The molecule has 1 amide bonds. The third-order valence-electron chi connectivity index (χ3n) is 2.63. The summed E-state index contributed by atoms with van der Waals surface area (Å²) in [6.45, 7) is 5.51. The minimum atomic E-state index is -0.496. The van der Waals surface area contributed by atoms with Crippen LogP contribution in [0, 0.1) is 0 Å². The summed E-state index contributed by atoms with van der Waals surface area (Å²) in [5.74, 6) is 0.868. The molecule has 1 aromatic heterocycles. The van der Waals surface area contributed by atoms with E-state index in [4.69, 9.17) is 4.74 Å². The Morgan fingerprint density at radius 3 is 2.55 bits per heavy atom. The molecule has 0 radical (unpaired) electrons. The van der Waals surface area contributed by atoms with E-state index in [-0.39, 0.29) is 0 Å². The number of aromatic nitrogens is 1. The molecule has 0 unspecified atom stereocenters. The number of hydrogen-bond donors (Lipinski definition) is 1. The van der Waals surface area contributed by atoms with Crippen molar-refractivity contribution in [1.29, 1.82) is 0 Å². The summed E-state index contributed by atoms with van der Waals surface area (Å²) in [5.41, 5.74) is 1.41. The first-order valence-corrected chi connectivity index (χ1v) is 8.03. The van der Waals surface area contributed by atoms with Crippen LogP contribution in [0.4, 0.5) is 10.5 Å². The Morgan fingerprint density at radius 1 is 1.23 bits per heavy atom. The van der Waals surface area contributed by atoms with Gasteiger partial charge in [0, 0.05) is 28.7 Å². The molecule has 2 rings (SSSR count). The average molecular weight is 316 g/mol. The van der Waals surface area contributed by atoms with E-state index in [2.05, 4.69) is 16.4 Å². The zero-order valence-electron chi connectivity index (χ0n) is 13.0. The highest BCUT2D eigenvalue weighted by Crippen LogP contribution is 2.24. The normalized spacial score (nSPS) is 11.0. The van der Waals surface area contributed by atoms with Gasteiger partial charge >= 0.3 is 6.09 Å². The van der Waals surface area contributed by atoms with Crippen LogP contribution in [-0.4, -0.2) is 16.7 Å². The van der Waals surface area contributed by atoms with Crippen LogP contribution in [0.2, 0.25) is 0 Å². The second-order valence-corrected chi connectivity index (χ2v) is 6.85. The summed E-state index contributed by atoms with van der Waals surface area (Å²) in [6.07, 6.45) is 3.19. The van der Waals surface area contributed by atoms with E-state index in [0.29, 0.717) is 0 Å². The molecule has 116 valence electrons. The van der Waals surface area contributed by atoms with Gasteiger partial charge in [-0.3, -0.25) is 10.3 Å². The number of amides is 1. The highest BCUT2D eigenvalue weighted by Gasteiger charge is 2.16. The number of nitrogens with zero attached hydrogens (tertiary/aromatic N) is 1. The summed E-state index contributed by atoms with van der Waals surface area (Å²) in [5, 5.41) is 2.72. The van der Waals surface area contributed by atoms with Crippen molar-refractivity contribution in [3.8, 4) is 0 Å². The first-order valence-electron chi connectivity index (χ1n) is 7.04. The monoisotopic (exact) mass is 316 g/mol. The molecule has 0 fully saturated rings. The van der Waals surface area contributed by atoms with Gasteiger partial charge in [-0.2, -0.15) is 0 Å². The molecular weight excluding hydrogens is 296 g/mol. The molecular formula is C17H20N2O2S. The molecule has 0 saturated heterocycles. The maximum Gasteiger partial charge on any atom is 0.412 e. The SMILES string of the molecule is CC(C)(C)OC(=O)Nc1ccc(SCc2cccnc2)cc1. The Kier molecular flexibility index (Phi) is 5.44. The number of ether oxygens (including phenoxy) is 1. The van der Waals surface area contributed by atoms with Crippen molar-refractivity contribution < 1.29 is 9.53 Å². The van der Waals surface area contributed by atoms with Gasteiger partial charge in [-0.25, -0.2) is 4.79 Å². The molecule has 0 bridgehead atoms. The molecule has 0 aliphatic carbocycles. The van der Waals surface area contributed by atoms with Crippen LogP contribution in [0.1, 0.15) is 26.3 Å². The number of hydrogen-bond acceptors (Lipinski definition) is 4. The predicted molar refractivity (Wildman–Crippen MR) is 90.1 cm³/mol. The summed E-state index contributed by atoms with van der Waals surface area (Å²) in [6, 6.07) is 11.7. The molecule has 1 N–H and O–H groups in total. The van der Waals surface area contributed by atoms with Crippen molar-refractivity contribution in [1.82, 2.24) is 4.98 Å². The second kappa shape index (κ2) is 7.31. The Balaban J connectivity index is 1.86. The number of benzene rings is 1. The highest BCUT2D eigenvalue weighted by molar-refractivity contribution is 7.98. The van der Waals surface area contributed by atoms with Crippen LogP contribution >= 0.6 is 11.8 Å². The van der Waals surface area contributed by atoms with Crippen molar-refractivity contribution in [3.05, 3.63) is 54.4 Å². The highest BCUT2D eigenvalue weighted by atomic mass is 32.2. The van der Waals surface area contributed by atoms with E-state index in [1.54, 1.807) is 18.0 Å². The van der Waals surface area contributed by atoms with Gasteiger partial charge in [-0.15, -0.1) is 11.8 Å². The van der Waals surface area contributed by atoms with Crippen molar-refractivity contribution in [2.75, 3.05) is 5.32 Å². The second-order valence-electron chi connectivity index (χ2n) is 5.80. The van der Waals surface area contributed by atoms with Gasteiger partial charge in [0.2, 0.25) is 0 Å². The number of nitrogens with one attached hydrogen (secondary N) is 1. The van der Waals surface area contributed by atoms with E-state index in [0.717, 1.165) is 16.3 Å². The van der Waals surface area contributed by atoms with Crippen LogP contribution in [0.15, 0.2) is 53.7 Å². The molecule has 1 heterocycles. The van der Waals surface area contributed by atoms with E-state index in [1.807, 2.05) is 57.3 Å². The molecule has 5 heteroatoms. The maximum absolute atomic E-state index is 11.7.